The number of carbonyl (C=O) groups excluding carboxylic acids is 3. The number of likely N-dealkylation sites (N-methyl/N-ethyl adjacent to an activating group) is 2. The van der Waals surface area contributed by atoms with Gasteiger partial charge in [0.15, 0.2) is 5.69 Å². The number of carbonyl (C=O) groups is 3. The van der Waals surface area contributed by atoms with Crippen molar-refractivity contribution in [3.8, 4) is 0 Å². The Morgan fingerprint density at radius 2 is 1.77 bits per heavy atom. The van der Waals surface area contributed by atoms with Crippen molar-refractivity contribution < 1.29 is 24.2 Å². The number of thiazole rings is 1. The predicted molar refractivity (Wildman–Crippen MR) is 138 cm³/mol. The third-order valence-corrected chi connectivity index (χ3v) is 7.76. The van der Waals surface area contributed by atoms with Gasteiger partial charge in [0, 0.05) is 24.9 Å². The van der Waals surface area contributed by atoms with Crippen LogP contribution in [-0.2, 0) is 14.3 Å². The van der Waals surface area contributed by atoms with Crippen molar-refractivity contribution in [3.05, 3.63) is 16.1 Å². The van der Waals surface area contributed by atoms with E-state index in [2.05, 4.69) is 10.3 Å². The number of aromatic nitrogens is 1. The van der Waals surface area contributed by atoms with E-state index in [1.54, 1.807) is 24.3 Å². The molecular formula is C25H44N4O5S. The van der Waals surface area contributed by atoms with Crippen LogP contribution in [0.5, 0.6) is 0 Å². The molecule has 0 aromatic carbocycles. The molecule has 9 nitrogen and oxygen atoms in total. The van der Waals surface area contributed by atoms with E-state index < -0.39 is 23.7 Å². The second kappa shape index (κ2) is 13.3. The number of hydrogen-bond donors (Lipinski definition) is 2. The fourth-order valence-electron chi connectivity index (χ4n) is 3.53. The third kappa shape index (κ3) is 7.98. The molecular weight excluding hydrogens is 468 g/mol. The summed E-state index contributed by atoms with van der Waals surface area (Å²) in [6.45, 7) is 13.5. The third-order valence-electron chi connectivity index (χ3n) is 6.81. The Balaban J connectivity index is 3.09. The summed E-state index contributed by atoms with van der Waals surface area (Å²) in [7, 11) is 5.37. The summed E-state index contributed by atoms with van der Waals surface area (Å²) in [6.07, 6.45) is 0.0210. The van der Waals surface area contributed by atoms with Gasteiger partial charge in [-0.15, -0.1) is 11.3 Å². The maximum Gasteiger partial charge on any atom is 0.357 e. The number of nitrogens with zero attached hydrogens (tertiary/aromatic N) is 3. The van der Waals surface area contributed by atoms with E-state index in [0.717, 1.165) is 6.42 Å². The molecule has 0 fully saturated rings. The molecule has 2 N–H and O–H groups in total. The Labute approximate surface area is 214 Å². The minimum atomic E-state index is -0.949. The highest BCUT2D eigenvalue weighted by atomic mass is 32.1. The van der Waals surface area contributed by atoms with Gasteiger partial charge in [-0.05, 0) is 46.7 Å². The molecule has 4 unspecified atom stereocenters. The van der Waals surface area contributed by atoms with E-state index in [-0.39, 0.29) is 48.4 Å². The smallest absolute Gasteiger partial charge is 0.357 e. The molecule has 0 saturated heterocycles. The van der Waals surface area contributed by atoms with E-state index in [1.165, 1.54) is 11.3 Å². The normalized spacial score (nSPS) is 15.5. The molecule has 10 heteroatoms. The number of ether oxygens (including phenoxy) is 1. The van der Waals surface area contributed by atoms with E-state index in [0.29, 0.717) is 5.01 Å². The Hall–Kier alpha value is -2.04. The van der Waals surface area contributed by atoms with Crippen molar-refractivity contribution in [2.45, 2.75) is 85.0 Å². The molecule has 4 atom stereocenters. The maximum absolute atomic E-state index is 13.6. The summed E-state index contributed by atoms with van der Waals surface area (Å²) in [5.74, 6) is -0.975. The van der Waals surface area contributed by atoms with Crippen molar-refractivity contribution in [2.75, 3.05) is 27.7 Å². The monoisotopic (exact) mass is 512 g/mol. The molecule has 1 rings (SSSR count). The molecule has 0 aliphatic rings. The fraction of sp³-hybridized carbons (Fsp3) is 0.760. The van der Waals surface area contributed by atoms with Crippen molar-refractivity contribution in [1.82, 2.24) is 20.1 Å². The maximum atomic E-state index is 13.6. The van der Waals surface area contributed by atoms with Crippen LogP contribution in [0, 0.1) is 11.8 Å². The number of nitrogens with one attached hydrogen (secondary N) is 1. The molecule has 0 saturated carbocycles. The van der Waals surface area contributed by atoms with Crippen molar-refractivity contribution in [1.29, 1.82) is 0 Å². The molecule has 2 amide bonds. The lowest BCUT2D eigenvalue weighted by atomic mass is 9.92. The van der Waals surface area contributed by atoms with Gasteiger partial charge in [0.2, 0.25) is 11.8 Å². The summed E-state index contributed by atoms with van der Waals surface area (Å²) < 4.78 is 4.97. The fourth-order valence-corrected chi connectivity index (χ4v) is 4.32. The highest BCUT2D eigenvalue weighted by Gasteiger charge is 2.38. The predicted octanol–water partition coefficient (Wildman–Crippen LogP) is 3.10. The van der Waals surface area contributed by atoms with Gasteiger partial charge >= 0.3 is 5.97 Å². The van der Waals surface area contributed by atoms with Crippen LogP contribution < -0.4 is 5.32 Å². The molecule has 1 heterocycles. The zero-order valence-corrected chi connectivity index (χ0v) is 23.7. The van der Waals surface area contributed by atoms with Crippen LogP contribution >= 0.6 is 11.3 Å². The topological polar surface area (TPSA) is 112 Å². The first-order chi connectivity index (χ1) is 16.2. The van der Waals surface area contributed by atoms with Crippen LogP contribution in [0.1, 0.15) is 82.9 Å². The van der Waals surface area contributed by atoms with E-state index in [4.69, 9.17) is 4.74 Å². The molecule has 0 radical (unpaired) electrons. The summed E-state index contributed by atoms with van der Waals surface area (Å²) in [5, 5.41) is 15.8. The van der Waals surface area contributed by atoms with Gasteiger partial charge in [-0.2, -0.15) is 0 Å². The molecule has 35 heavy (non-hydrogen) atoms. The van der Waals surface area contributed by atoms with Crippen molar-refractivity contribution >= 4 is 29.1 Å². The second-order valence-electron chi connectivity index (χ2n) is 10.1. The van der Waals surface area contributed by atoms with Crippen LogP contribution in [0.4, 0.5) is 0 Å². The van der Waals surface area contributed by atoms with E-state index in [1.807, 2.05) is 60.5 Å². The lowest BCUT2D eigenvalue weighted by Gasteiger charge is -2.38. The molecule has 1 aromatic rings. The van der Waals surface area contributed by atoms with E-state index >= 15 is 0 Å². The average molecular weight is 513 g/mol. The Bertz CT molecular complexity index is 855. The van der Waals surface area contributed by atoms with Crippen LogP contribution in [0.3, 0.4) is 0 Å². The lowest BCUT2D eigenvalue weighted by Crippen LogP contribution is -2.60. The van der Waals surface area contributed by atoms with Crippen LogP contribution in [-0.4, -0.2) is 83.0 Å². The minimum absolute atomic E-state index is 0.0367. The largest absolute Gasteiger partial charge is 0.461 e. The number of esters is 1. The average Bonchev–Trinajstić information content (AvgIpc) is 3.29. The number of aliphatic hydroxyl groups excluding tert-OH is 1. The summed E-state index contributed by atoms with van der Waals surface area (Å²) >= 11 is 1.19. The molecule has 0 spiro atoms. The quantitative estimate of drug-likeness (QED) is 0.391. The lowest BCUT2D eigenvalue weighted by molar-refractivity contribution is -0.142. The van der Waals surface area contributed by atoms with Gasteiger partial charge in [-0.25, -0.2) is 9.78 Å². The molecule has 0 bridgehead atoms. The van der Waals surface area contributed by atoms with Crippen molar-refractivity contribution in [2.24, 2.45) is 11.8 Å². The zero-order valence-electron chi connectivity index (χ0n) is 22.9. The molecule has 0 aliphatic heterocycles. The molecule has 1 aromatic heterocycles. The molecule has 200 valence electrons. The van der Waals surface area contributed by atoms with Crippen molar-refractivity contribution in [3.63, 3.8) is 0 Å². The summed E-state index contributed by atoms with van der Waals surface area (Å²) in [4.78, 5) is 46.3. The Kier molecular flexibility index (Phi) is 11.8. The van der Waals surface area contributed by atoms with Crippen LogP contribution in [0.25, 0.3) is 0 Å². The number of rotatable bonds is 13. The van der Waals surface area contributed by atoms with Gasteiger partial charge in [-0.1, -0.05) is 34.1 Å². The van der Waals surface area contributed by atoms with Gasteiger partial charge in [0.25, 0.3) is 0 Å². The first-order valence-electron chi connectivity index (χ1n) is 12.2. The zero-order chi connectivity index (χ0) is 27.1. The second-order valence-corrected chi connectivity index (χ2v) is 11.0. The highest BCUT2D eigenvalue weighted by molar-refractivity contribution is 7.09. The summed E-state index contributed by atoms with van der Waals surface area (Å²) in [5.41, 5.74) is -0.612. The Morgan fingerprint density at radius 3 is 2.26 bits per heavy atom. The van der Waals surface area contributed by atoms with Gasteiger partial charge in [-0.3, -0.25) is 14.5 Å². The highest BCUT2D eigenvalue weighted by Crippen LogP contribution is 2.28. The number of aliphatic hydroxyl groups is 1. The first kappa shape index (κ1) is 31.0. The molecule has 0 aliphatic carbocycles. The van der Waals surface area contributed by atoms with Crippen LogP contribution in [0.15, 0.2) is 5.38 Å². The SMILES string of the molecule is CCOC(=O)c1csc(C(O)CC(C(C)C)N(C)C(=O)C(NC(=O)C(C)(C)N(C)C)C(C)CC)n1. The Morgan fingerprint density at radius 1 is 1.17 bits per heavy atom. The van der Waals surface area contributed by atoms with Gasteiger partial charge in [0.05, 0.1) is 12.1 Å². The van der Waals surface area contributed by atoms with Gasteiger partial charge in [0.1, 0.15) is 17.2 Å². The van der Waals surface area contributed by atoms with E-state index in [9.17, 15) is 19.5 Å². The first-order valence-corrected chi connectivity index (χ1v) is 13.1. The van der Waals surface area contributed by atoms with Gasteiger partial charge < -0.3 is 20.1 Å². The number of hydrogen-bond acceptors (Lipinski definition) is 8. The van der Waals surface area contributed by atoms with Crippen LogP contribution in [0.2, 0.25) is 0 Å². The minimum Gasteiger partial charge on any atom is -0.461 e. The summed E-state index contributed by atoms with van der Waals surface area (Å²) in [6, 6.07) is -0.997. The number of amides is 2. The standard InChI is InChI=1S/C25H44N4O5S/c1-11-16(5)20(27-24(33)25(6,7)28(8)9)22(31)29(10)18(15(3)4)13-19(30)21-26-17(14-35-21)23(32)34-12-2/h14-16,18-20,30H,11-13H2,1-10H3,(H,27,33).